The van der Waals surface area contributed by atoms with E-state index in [1.165, 1.54) is 6.26 Å². The van der Waals surface area contributed by atoms with Gasteiger partial charge in [-0.25, -0.2) is 0 Å². The summed E-state index contributed by atoms with van der Waals surface area (Å²) in [4.78, 5) is 11.8. The topological polar surface area (TPSA) is 68.3 Å². The average molecular weight is 244 g/mol. The van der Waals surface area contributed by atoms with Gasteiger partial charge in [0.15, 0.2) is 0 Å². The zero-order valence-corrected chi connectivity index (χ0v) is 10.3. The fraction of sp³-hybridized carbons (Fsp3) is 0.214. The quantitative estimate of drug-likeness (QED) is 0.864. The molecule has 0 fully saturated rings. The smallest absolute Gasteiger partial charge is 0.254 e. The molecule has 1 amide bonds. The van der Waals surface area contributed by atoms with E-state index in [1.807, 2.05) is 24.3 Å². The van der Waals surface area contributed by atoms with Crippen molar-refractivity contribution in [3.05, 3.63) is 59.0 Å². The standard InChI is InChI=1S/C14H16N2O2/c1-10-6-13(9-18-10)14(17)16-8-12-5-3-2-4-11(12)7-15/h2-6,9H,7-8,15H2,1H3,(H,16,17). The Morgan fingerprint density at radius 3 is 2.67 bits per heavy atom. The van der Waals surface area contributed by atoms with Gasteiger partial charge in [0.25, 0.3) is 5.91 Å². The van der Waals surface area contributed by atoms with Gasteiger partial charge in [0, 0.05) is 13.1 Å². The molecule has 0 unspecified atom stereocenters. The first kappa shape index (κ1) is 12.4. The molecule has 0 bridgehead atoms. The lowest BCUT2D eigenvalue weighted by atomic mass is 10.1. The van der Waals surface area contributed by atoms with E-state index >= 15 is 0 Å². The van der Waals surface area contributed by atoms with Crippen LogP contribution in [0.5, 0.6) is 0 Å². The molecule has 0 saturated heterocycles. The Morgan fingerprint density at radius 1 is 1.33 bits per heavy atom. The van der Waals surface area contributed by atoms with Crippen molar-refractivity contribution in [2.24, 2.45) is 5.73 Å². The Kier molecular flexibility index (Phi) is 3.79. The molecule has 0 saturated carbocycles. The Balaban J connectivity index is 2.01. The van der Waals surface area contributed by atoms with Gasteiger partial charge >= 0.3 is 0 Å². The molecule has 2 aromatic rings. The first-order valence-corrected chi connectivity index (χ1v) is 5.81. The third kappa shape index (κ3) is 2.78. The van der Waals surface area contributed by atoms with Gasteiger partial charge in [-0.05, 0) is 24.1 Å². The van der Waals surface area contributed by atoms with E-state index in [2.05, 4.69) is 5.32 Å². The minimum atomic E-state index is -0.140. The number of aryl methyl sites for hydroxylation is 1. The maximum Gasteiger partial charge on any atom is 0.254 e. The lowest BCUT2D eigenvalue weighted by Gasteiger charge is -2.08. The number of nitrogens with two attached hydrogens (primary N) is 1. The van der Waals surface area contributed by atoms with Crippen molar-refractivity contribution in [2.75, 3.05) is 0 Å². The monoisotopic (exact) mass is 244 g/mol. The van der Waals surface area contributed by atoms with Crippen LogP contribution in [0.2, 0.25) is 0 Å². The molecule has 94 valence electrons. The van der Waals surface area contributed by atoms with Crippen molar-refractivity contribution < 1.29 is 9.21 Å². The van der Waals surface area contributed by atoms with Crippen molar-refractivity contribution in [3.63, 3.8) is 0 Å². The largest absolute Gasteiger partial charge is 0.469 e. The molecule has 18 heavy (non-hydrogen) atoms. The summed E-state index contributed by atoms with van der Waals surface area (Å²) in [6.07, 6.45) is 1.46. The van der Waals surface area contributed by atoms with Crippen LogP contribution in [0.15, 0.2) is 41.0 Å². The third-order valence-corrected chi connectivity index (χ3v) is 2.77. The zero-order chi connectivity index (χ0) is 13.0. The molecule has 4 heteroatoms. The molecule has 0 aliphatic heterocycles. The summed E-state index contributed by atoms with van der Waals surface area (Å²) in [6.45, 7) is 2.74. The van der Waals surface area contributed by atoms with Crippen LogP contribution < -0.4 is 11.1 Å². The highest BCUT2D eigenvalue weighted by Gasteiger charge is 2.08. The Labute approximate surface area is 106 Å². The van der Waals surface area contributed by atoms with Crippen molar-refractivity contribution in [1.82, 2.24) is 5.32 Å². The molecule has 0 spiro atoms. The number of furan rings is 1. The molecule has 1 heterocycles. The van der Waals surface area contributed by atoms with E-state index in [1.54, 1.807) is 13.0 Å². The highest BCUT2D eigenvalue weighted by molar-refractivity contribution is 5.93. The second kappa shape index (κ2) is 5.51. The number of rotatable bonds is 4. The number of carbonyl (C=O) groups excluding carboxylic acids is 1. The number of carbonyl (C=O) groups is 1. The van der Waals surface area contributed by atoms with Crippen molar-refractivity contribution in [2.45, 2.75) is 20.0 Å². The SMILES string of the molecule is Cc1cc(C(=O)NCc2ccccc2CN)co1. The van der Waals surface area contributed by atoms with Gasteiger partial charge in [-0.2, -0.15) is 0 Å². The molecule has 0 atom stereocenters. The van der Waals surface area contributed by atoms with Crippen molar-refractivity contribution in [1.29, 1.82) is 0 Å². The molecule has 0 aliphatic rings. The van der Waals surface area contributed by atoms with Crippen LogP contribution in [0.25, 0.3) is 0 Å². The molecule has 0 radical (unpaired) electrons. The maximum atomic E-state index is 11.8. The second-order valence-corrected chi connectivity index (χ2v) is 4.10. The number of benzene rings is 1. The Hall–Kier alpha value is -2.07. The zero-order valence-electron chi connectivity index (χ0n) is 10.3. The molecular formula is C14H16N2O2. The van der Waals surface area contributed by atoms with E-state index in [9.17, 15) is 4.79 Å². The van der Waals surface area contributed by atoms with Crippen LogP contribution in [-0.4, -0.2) is 5.91 Å². The Bertz CT molecular complexity index is 546. The van der Waals surface area contributed by atoms with Crippen LogP contribution in [-0.2, 0) is 13.1 Å². The van der Waals surface area contributed by atoms with E-state index in [0.29, 0.717) is 18.7 Å². The maximum absolute atomic E-state index is 11.8. The summed E-state index contributed by atoms with van der Waals surface area (Å²) in [5.74, 6) is 0.584. The molecule has 1 aromatic heterocycles. The summed E-state index contributed by atoms with van der Waals surface area (Å²) >= 11 is 0. The van der Waals surface area contributed by atoms with Crippen molar-refractivity contribution in [3.8, 4) is 0 Å². The summed E-state index contributed by atoms with van der Waals surface area (Å²) < 4.78 is 5.10. The average Bonchev–Trinajstić information content (AvgIpc) is 2.83. The molecule has 2 rings (SSSR count). The normalized spacial score (nSPS) is 10.3. The van der Waals surface area contributed by atoms with Crippen molar-refractivity contribution >= 4 is 5.91 Å². The van der Waals surface area contributed by atoms with Gasteiger partial charge in [0.05, 0.1) is 5.56 Å². The second-order valence-electron chi connectivity index (χ2n) is 4.10. The van der Waals surface area contributed by atoms with Gasteiger partial charge in [0.2, 0.25) is 0 Å². The number of amides is 1. The molecular weight excluding hydrogens is 228 g/mol. The summed E-state index contributed by atoms with van der Waals surface area (Å²) in [5.41, 5.74) is 8.26. The van der Waals surface area contributed by atoms with Gasteiger partial charge in [-0.15, -0.1) is 0 Å². The minimum absolute atomic E-state index is 0.140. The number of hydrogen-bond donors (Lipinski definition) is 2. The highest BCUT2D eigenvalue weighted by atomic mass is 16.3. The van der Waals surface area contributed by atoms with Gasteiger partial charge < -0.3 is 15.5 Å². The lowest BCUT2D eigenvalue weighted by molar-refractivity contribution is 0.0950. The van der Waals surface area contributed by atoms with Gasteiger partial charge in [-0.1, -0.05) is 24.3 Å². The predicted molar refractivity (Wildman–Crippen MR) is 68.9 cm³/mol. The van der Waals surface area contributed by atoms with Crippen LogP contribution in [0, 0.1) is 6.92 Å². The number of nitrogens with one attached hydrogen (secondary N) is 1. The Morgan fingerprint density at radius 2 is 2.06 bits per heavy atom. The van der Waals surface area contributed by atoms with E-state index in [0.717, 1.165) is 16.9 Å². The van der Waals surface area contributed by atoms with Crippen LogP contribution in [0.3, 0.4) is 0 Å². The third-order valence-electron chi connectivity index (χ3n) is 2.77. The van der Waals surface area contributed by atoms with Crippen LogP contribution >= 0.6 is 0 Å². The first-order valence-electron chi connectivity index (χ1n) is 5.81. The van der Waals surface area contributed by atoms with E-state index in [-0.39, 0.29) is 5.91 Å². The minimum Gasteiger partial charge on any atom is -0.469 e. The highest BCUT2D eigenvalue weighted by Crippen LogP contribution is 2.09. The lowest BCUT2D eigenvalue weighted by Crippen LogP contribution is -2.23. The first-order chi connectivity index (χ1) is 8.70. The van der Waals surface area contributed by atoms with Crippen LogP contribution in [0.1, 0.15) is 27.2 Å². The fourth-order valence-electron chi connectivity index (χ4n) is 1.77. The summed E-state index contributed by atoms with van der Waals surface area (Å²) in [7, 11) is 0. The molecule has 1 aromatic carbocycles. The summed E-state index contributed by atoms with van der Waals surface area (Å²) in [5, 5.41) is 2.85. The molecule has 4 nitrogen and oxygen atoms in total. The molecule has 0 aliphatic carbocycles. The number of hydrogen-bond acceptors (Lipinski definition) is 3. The van der Waals surface area contributed by atoms with Gasteiger partial charge in [0.1, 0.15) is 12.0 Å². The van der Waals surface area contributed by atoms with E-state index in [4.69, 9.17) is 10.2 Å². The van der Waals surface area contributed by atoms with Gasteiger partial charge in [-0.3, -0.25) is 4.79 Å². The predicted octanol–water partition coefficient (Wildman–Crippen LogP) is 1.98. The fourth-order valence-corrected chi connectivity index (χ4v) is 1.77. The van der Waals surface area contributed by atoms with E-state index < -0.39 is 0 Å². The van der Waals surface area contributed by atoms with Crippen LogP contribution in [0.4, 0.5) is 0 Å². The summed E-state index contributed by atoms with van der Waals surface area (Å²) in [6, 6.07) is 9.51. The molecule has 3 N–H and O–H groups in total.